The summed E-state index contributed by atoms with van der Waals surface area (Å²) in [5.41, 5.74) is 5.56. The Balaban J connectivity index is 1.65. The van der Waals surface area contributed by atoms with Crippen LogP contribution in [0.25, 0.3) is 0 Å². The highest BCUT2D eigenvalue weighted by Crippen LogP contribution is 2.27. The van der Waals surface area contributed by atoms with Gasteiger partial charge in [-0.05, 0) is 18.6 Å². The SMILES string of the molecule is NC1(c2nc(CSc3ccccc3)no2)CCOC1. The van der Waals surface area contributed by atoms with Crippen LogP contribution < -0.4 is 5.73 Å². The molecule has 1 fully saturated rings. The maximum Gasteiger partial charge on any atom is 0.249 e. The van der Waals surface area contributed by atoms with E-state index >= 15 is 0 Å². The molecule has 1 aromatic heterocycles. The Hall–Kier alpha value is -1.37. The monoisotopic (exact) mass is 277 g/mol. The zero-order valence-electron chi connectivity index (χ0n) is 10.4. The molecule has 1 unspecified atom stereocenters. The van der Waals surface area contributed by atoms with Gasteiger partial charge in [0.25, 0.3) is 0 Å². The molecule has 0 bridgehead atoms. The molecule has 0 spiro atoms. The standard InChI is InChI=1S/C13H15N3O2S/c14-13(6-7-17-9-13)12-15-11(16-18-12)8-19-10-4-2-1-3-5-10/h1-5H,6-9,14H2. The summed E-state index contributed by atoms with van der Waals surface area (Å²) >= 11 is 1.67. The number of ether oxygens (including phenoxy) is 1. The molecule has 0 radical (unpaired) electrons. The average molecular weight is 277 g/mol. The van der Waals surface area contributed by atoms with Gasteiger partial charge in [-0.2, -0.15) is 4.98 Å². The summed E-state index contributed by atoms with van der Waals surface area (Å²) in [6, 6.07) is 10.1. The van der Waals surface area contributed by atoms with Gasteiger partial charge < -0.3 is 15.0 Å². The predicted octanol–water partition coefficient (Wildman–Crippen LogP) is 1.94. The van der Waals surface area contributed by atoms with Crippen LogP contribution in [0.3, 0.4) is 0 Å². The van der Waals surface area contributed by atoms with Crippen molar-refractivity contribution in [2.45, 2.75) is 22.6 Å². The first kappa shape index (κ1) is 12.7. The second-order valence-electron chi connectivity index (χ2n) is 4.58. The molecule has 100 valence electrons. The van der Waals surface area contributed by atoms with Gasteiger partial charge in [-0.25, -0.2) is 0 Å². The number of thioether (sulfide) groups is 1. The molecular weight excluding hydrogens is 262 g/mol. The molecule has 2 heterocycles. The van der Waals surface area contributed by atoms with Gasteiger partial charge in [0, 0.05) is 11.5 Å². The minimum Gasteiger partial charge on any atom is -0.379 e. The van der Waals surface area contributed by atoms with Crippen LogP contribution in [0.2, 0.25) is 0 Å². The van der Waals surface area contributed by atoms with E-state index in [1.807, 2.05) is 18.2 Å². The third-order valence-corrected chi connectivity index (χ3v) is 4.07. The first-order chi connectivity index (χ1) is 9.26. The number of hydrogen-bond acceptors (Lipinski definition) is 6. The number of hydrogen-bond donors (Lipinski definition) is 1. The van der Waals surface area contributed by atoms with E-state index in [2.05, 4.69) is 22.3 Å². The molecule has 1 aliphatic rings. The smallest absolute Gasteiger partial charge is 0.249 e. The zero-order chi connectivity index (χ0) is 13.1. The average Bonchev–Trinajstić information content (AvgIpc) is 3.07. The van der Waals surface area contributed by atoms with Gasteiger partial charge in [-0.3, -0.25) is 0 Å². The summed E-state index contributed by atoms with van der Waals surface area (Å²) in [5, 5.41) is 3.98. The number of benzene rings is 1. The second-order valence-corrected chi connectivity index (χ2v) is 5.62. The lowest BCUT2D eigenvalue weighted by molar-refractivity contribution is 0.166. The van der Waals surface area contributed by atoms with Crippen LogP contribution in [0, 0.1) is 0 Å². The Kier molecular flexibility index (Phi) is 3.54. The quantitative estimate of drug-likeness (QED) is 0.861. The Morgan fingerprint density at radius 1 is 1.32 bits per heavy atom. The van der Waals surface area contributed by atoms with E-state index in [1.54, 1.807) is 11.8 Å². The summed E-state index contributed by atoms with van der Waals surface area (Å²) in [5.74, 6) is 1.82. The van der Waals surface area contributed by atoms with E-state index in [0.717, 1.165) is 6.42 Å². The molecule has 0 saturated carbocycles. The third-order valence-electron chi connectivity index (χ3n) is 3.06. The minimum atomic E-state index is -0.608. The first-order valence-corrected chi connectivity index (χ1v) is 7.12. The van der Waals surface area contributed by atoms with Gasteiger partial charge in [-0.1, -0.05) is 23.4 Å². The summed E-state index contributed by atoms with van der Waals surface area (Å²) in [4.78, 5) is 5.56. The topological polar surface area (TPSA) is 74.2 Å². The fourth-order valence-corrected chi connectivity index (χ4v) is 2.69. The van der Waals surface area contributed by atoms with Crippen molar-refractivity contribution in [2.75, 3.05) is 13.2 Å². The normalized spacial score (nSPS) is 22.8. The van der Waals surface area contributed by atoms with Crippen LogP contribution >= 0.6 is 11.8 Å². The van der Waals surface area contributed by atoms with Crippen LogP contribution in [-0.2, 0) is 16.0 Å². The van der Waals surface area contributed by atoms with Crippen LogP contribution in [0.4, 0.5) is 0 Å². The molecule has 2 aromatic rings. The Morgan fingerprint density at radius 2 is 2.16 bits per heavy atom. The number of aromatic nitrogens is 2. The van der Waals surface area contributed by atoms with Gasteiger partial charge in [-0.15, -0.1) is 11.8 Å². The second kappa shape index (κ2) is 5.32. The minimum absolute atomic E-state index is 0.445. The largest absolute Gasteiger partial charge is 0.379 e. The van der Waals surface area contributed by atoms with E-state index in [0.29, 0.717) is 30.7 Å². The fourth-order valence-electron chi connectivity index (χ4n) is 1.93. The van der Waals surface area contributed by atoms with Gasteiger partial charge in [0.15, 0.2) is 5.82 Å². The molecule has 2 N–H and O–H groups in total. The van der Waals surface area contributed by atoms with Crippen molar-refractivity contribution >= 4 is 11.8 Å². The molecule has 1 atom stereocenters. The molecule has 1 saturated heterocycles. The molecule has 6 heteroatoms. The molecule has 1 aliphatic heterocycles. The maximum atomic E-state index is 6.17. The lowest BCUT2D eigenvalue weighted by atomic mass is 10.0. The predicted molar refractivity (Wildman–Crippen MR) is 71.6 cm³/mol. The van der Waals surface area contributed by atoms with E-state index in [9.17, 15) is 0 Å². The molecule has 1 aromatic carbocycles. The molecule has 5 nitrogen and oxygen atoms in total. The fraction of sp³-hybridized carbons (Fsp3) is 0.385. The summed E-state index contributed by atoms with van der Waals surface area (Å²) in [6.07, 6.45) is 0.723. The van der Waals surface area contributed by atoms with Crippen molar-refractivity contribution < 1.29 is 9.26 Å². The van der Waals surface area contributed by atoms with Gasteiger partial charge in [0.2, 0.25) is 5.89 Å². The van der Waals surface area contributed by atoms with E-state index < -0.39 is 5.54 Å². The lowest BCUT2D eigenvalue weighted by Crippen LogP contribution is -2.37. The molecule has 3 rings (SSSR count). The van der Waals surface area contributed by atoms with Crippen molar-refractivity contribution in [1.82, 2.24) is 10.1 Å². The molecule has 0 amide bonds. The Morgan fingerprint density at radius 3 is 2.89 bits per heavy atom. The summed E-state index contributed by atoms with van der Waals surface area (Å²) in [6.45, 7) is 1.09. The summed E-state index contributed by atoms with van der Waals surface area (Å²) < 4.78 is 10.6. The Labute approximate surface area is 115 Å². The van der Waals surface area contributed by atoms with Crippen LogP contribution in [0.1, 0.15) is 18.1 Å². The molecular formula is C13H15N3O2S. The number of nitrogens with zero attached hydrogens (tertiary/aromatic N) is 2. The van der Waals surface area contributed by atoms with Crippen molar-refractivity contribution in [3.63, 3.8) is 0 Å². The number of nitrogens with two attached hydrogens (primary N) is 1. The molecule has 19 heavy (non-hydrogen) atoms. The highest BCUT2D eigenvalue weighted by Gasteiger charge is 2.38. The van der Waals surface area contributed by atoms with Crippen LogP contribution in [0.15, 0.2) is 39.8 Å². The van der Waals surface area contributed by atoms with Crippen LogP contribution in [-0.4, -0.2) is 23.4 Å². The zero-order valence-corrected chi connectivity index (χ0v) is 11.2. The van der Waals surface area contributed by atoms with E-state index in [1.165, 1.54) is 4.90 Å². The summed E-state index contributed by atoms with van der Waals surface area (Å²) in [7, 11) is 0. The van der Waals surface area contributed by atoms with Crippen molar-refractivity contribution in [2.24, 2.45) is 5.73 Å². The molecule has 0 aliphatic carbocycles. The van der Waals surface area contributed by atoms with Crippen molar-refractivity contribution in [3.05, 3.63) is 42.0 Å². The first-order valence-electron chi connectivity index (χ1n) is 6.14. The van der Waals surface area contributed by atoms with Gasteiger partial charge in [0.1, 0.15) is 5.54 Å². The third kappa shape index (κ3) is 2.80. The van der Waals surface area contributed by atoms with Gasteiger partial charge in [0.05, 0.1) is 12.4 Å². The number of rotatable bonds is 4. The maximum absolute atomic E-state index is 6.17. The highest BCUT2D eigenvalue weighted by molar-refractivity contribution is 7.98. The Bertz CT molecular complexity index is 538. The lowest BCUT2D eigenvalue weighted by Gasteiger charge is -2.14. The van der Waals surface area contributed by atoms with Crippen LogP contribution in [0.5, 0.6) is 0 Å². The van der Waals surface area contributed by atoms with Crippen molar-refractivity contribution in [1.29, 1.82) is 0 Å². The van der Waals surface area contributed by atoms with E-state index in [-0.39, 0.29) is 0 Å². The van der Waals surface area contributed by atoms with Crippen molar-refractivity contribution in [3.8, 4) is 0 Å². The van der Waals surface area contributed by atoms with Gasteiger partial charge >= 0.3 is 0 Å². The highest BCUT2D eigenvalue weighted by atomic mass is 32.2. The van der Waals surface area contributed by atoms with E-state index in [4.69, 9.17) is 15.0 Å².